The monoisotopic (exact) mass is 406 g/mol. The minimum atomic E-state index is -0.279. The molecule has 4 nitrogen and oxygen atoms in total. The average molecular weight is 407 g/mol. The highest BCUT2D eigenvalue weighted by Gasteiger charge is 2.32. The van der Waals surface area contributed by atoms with Gasteiger partial charge in [-0.2, -0.15) is 0 Å². The van der Waals surface area contributed by atoms with E-state index in [9.17, 15) is 14.4 Å². The van der Waals surface area contributed by atoms with Gasteiger partial charge in [-0.25, -0.2) is 0 Å². The number of ether oxygens (including phenoxy) is 1. The lowest BCUT2D eigenvalue weighted by molar-refractivity contribution is -0.147. The Balaban J connectivity index is 2.35. The number of carbonyl (C=O) groups excluding carboxylic acids is 3. The lowest BCUT2D eigenvalue weighted by atomic mass is 9.74. The molecule has 0 N–H and O–H groups in total. The highest BCUT2D eigenvalue weighted by molar-refractivity contribution is 5.84. The van der Waals surface area contributed by atoms with Gasteiger partial charge in [-0.15, -0.1) is 0 Å². The van der Waals surface area contributed by atoms with Crippen molar-refractivity contribution in [3.05, 3.63) is 12.2 Å². The van der Waals surface area contributed by atoms with Gasteiger partial charge in [0, 0.05) is 31.1 Å². The molecule has 166 valence electrons. The van der Waals surface area contributed by atoms with Gasteiger partial charge >= 0.3 is 5.97 Å². The quantitative estimate of drug-likeness (QED) is 0.203. The molecule has 1 aliphatic rings. The van der Waals surface area contributed by atoms with E-state index in [-0.39, 0.29) is 23.3 Å². The molecule has 0 saturated heterocycles. The van der Waals surface area contributed by atoms with Gasteiger partial charge in [-0.1, -0.05) is 46.6 Å². The predicted molar refractivity (Wildman–Crippen MR) is 118 cm³/mol. The van der Waals surface area contributed by atoms with Crippen molar-refractivity contribution in [2.24, 2.45) is 11.3 Å². The van der Waals surface area contributed by atoms with Crippen LogP contribution in [0.5, 0.6) is 0 Å². The zero-order valence-electron chi connectivity index (χ0n) is 19.1. The Morgan fingerprint density at radius 3 is 2.48 bits per heavy atom. The molecular weight excluding hydrogens is 364 g/mol. The first kappa shape index (κ1) is 25.6. The number of ketones is 2. The van der Waals surface area contributed by atoms with E-state index in [2.05, 4.69) is 20.8 Å². The molecule has 0 radical (unpaired) electrons. The van der Waals surface area contributed by atoms with Crippen LogP contribution in [0.1, 0.15) is 111 Å². The third-order valence-corrected chi connectivity index (χ3v) is 6.01. The molecule has 29 heavy (non-hydrogen) atoms. The number of rotatable bonds is 13. The molecule has 2 unspecified atom stereocenters. The van der Waals surface area contributed by atoms with Crippen molar-refractivity contribution in [3.63, 3.8) is 0 Å². The number of hydrogen-bond donors (Lipinski definition) is 0. The highest BCUT2D eigenvalue weighted by atomic mass is 16.5. The summed E-state index contributed by atoms with van der Waals surface area (Å²) in [6.07, 6.45) is 14.0. The zero-order valence-corrected chi connectivity index (χ0v) is 19.1. The van der Waals surface area contributed by atoms with E-state index in [1.165, 1.54) is 0 Å². The van der Waals surface area contributed by atoms with Crippen LogP contribution >= 0.6 is 0 Å². The second-order valence-corrected chi connectivity index (χ2v) is 9.28. The summed E-state index contributed by atoms with van der Waals surface area (Å²) in [4.78, 5) is 36.1. The van der Waals surface area contributed by atoms with Gasteiger partial charge in [0.05, 0.1) is 0 Å². The average Bonchev–Trinajstić information content (AvgIpc) is 2.65. The molecule has 0 aromatic carbocycles. The first-order valence-corrected chi connectivity index (χ1v) is 11.7. The minimum absolute atomic E-state index is 0.158. The van der Waals surface area contributed by atoms with E-state index in [1.807, 2.05) is 19.1 Å². The molecule has 0 aromatic rings. The highest BCUT2D eigenvalue weighted by Crippen LogP contribution is 2.34. The molecule has 0 spiro atoms. The minimum Gasteiger partial charge on any atom is -0.458 e. The maximum atomic E-state index is 12.7. The van der Waals surface area contributed by atoms with Crippen LogP contribution < -0.4 is 0 Å². The van der Waals surface area contributed by atoms with Crippen LogP contribution in [0.3, 0.4) is 0 Å². The van der Waals surface area contributed by atoms with E-state index in [0.717, 1.165) is 57.8 Å². The molecule has 2 atom stereocenters. The van der Waals surface area contributed by atoms with Crippen molar-refractivity contribution in [2.75, 3.05) is 0 Å². The van der Waals surface area contributed by atoms with Crippen LogP contribution in [-0.4, -0.2) is 23.6 Å². The third-order valence-electron chi connectivity index (χ3n) is 6.01. The van der Waals surface area contributed by atoms with E-state index < -0.39 is 0 Å². The van der Waals surface area contributed by atoms with Crippen LogP contribution in [0.15, 0.2) is 12.2 Å². The van der Waals surface area contributed by atoms with Crippen molar-refractivity contribution in [1.82, 2.24) is 0 Å². The van der Waals surface area contributed by atoms with Gasteiger partial charge in [0.25, 0.3) is 0 Å². The molecule has 0 bridgehead atoms. The molecule has 0 saturated carbocycles. The largest absolute Gasteiger partial charge is 0.458 e. The molecule has 0 heterocycles. The molecule has 4 heteroatoms. The SMILES string of the molecule is CCC(=O)CCCCCC(=O)OC1/C=C/CC(C)(C(=O)CCCC(C)C)CCC1. The number of esters is 1. The topological polar surface area (TPSA) is 60.4 Å². The van der Waals surface area contributed by atoms with Crippen molar-refractivity contribution >= 4 is 17.5 Å². The van der Waals surface area contributed by atoms with E-state index >= 15 is 0 Å². The number of carbonyl (C=O) groups is 3. The van der Waals surface area contributed by atoms with Gasteiger partial charge in [0.1, 0.15) is 17.7 Å². The summed E-state index contributed by atoms with van der Waals surface area (Å²) in [5, 5.41) is 0. The molecule has 0 amide bonds. The molecular formula is C25H42O4. The van der Waals surface area contributed by atoms with Crippen LogP contribution in [0.25, 0.3) is 0 Å². The smallest absolute Gasteiger partial charge is 0.306 e. The van der Waals surface area contributed by atoms with Crippen LogP contribution in [-0.2, 0) is 19.1 Å². The second kappa shape index (κ2) is 13.7. The Hall–Kier alpha value is -1.45. The first-order valence-electron chi connectivity index (χ1n) is 11.7. The Kier molecular flexibility index (Phi) is 12.1. The van der Waals surface area contributed by atoms with E-state index in [1.54, 1.807) is 0 Å². The van der Waals surface area contributed by atoms with Crippen molar-refractivity contribution < 1.29 is 19.1 Å². The number of Topliss-reactive ketones (excluding diaryl/α,β-unsaturated/α-hetero) is 2. The summed E-state index contributed by atoms with van der Waals surface area (Å²) in [5.41, 5.74) is -0.279. The van der Waals surface area contributed by atoms with Gasteiger partial charge in [0.2, 0.25) is 0 Å². The summed E-state index contributed by atoms with van der Waals surface area (Å²) >= 11 is 0. The molecule has 1 aliphatic carbocycles. The van der Waals surface area contributed by atoms with Crippen molar-refractivity contribution in [2.45, 2.75) is 117 Å². The van der Waals surface area contributed by atoms with Crippen LogP contribution in [0, 0.1) is 11.3 Å². The molecule has 0 aliphatic heterocycles. The Morgan fingerprint density at radius 1 is 1.07 bits per heavy atom. The molecule has 0 fully saturated rings. The predicted octanol–water partition coefficient (Wildman–Crippen LogP) is 6.36. The fourth-order valence-electron chi connectivity index (χ4n) is 3.87. The number of hydrogen-bond acceptors (Lipinski definition) is 4. The van der Waals surface area contributed by atoms with Crippen LogP contribution in [0.2, 0.25) is 0 Å². The fraction of sp³-hybridized carbons (Fsp3) is 0.800. The summed E-state index contributed by atoms with van der Waals surface area (Å²) in [6.45, 7) is 8.36. The zero-order chi connectivity index (χ0) is 21.7. The van der Waals surface area contributed by atoms with Gasteiger partial charge in [-0.05, 0) is 56.9 Å². The summed E-state index contributed by atoms with van der Waals surface area (Å²) in [6, 6.07) is 0. The maximum Gasteiger partial charge on any atom is 0.306 e. The Morgan fingerprint density at radius 2 is 1.79 bits per heavy atom. The van der Waals surface area contributed by atoms with E-state index in [4.69, 9.17) is 4.74 Å². The maximum absolute atomic E-state index is 12.7. The lowest BCUT2D eigenvalue weighted by Gasteiger charge is -2.29. The normalized spacial score (nSPS) is 23.3. The van der Waals surface area contributed by atoms with Gasteiger partial charge in [0.15, 0.2) is 0 Å². The summed E-state index contributed by atoms with van der Waals surface area (Å²) < 4.78 is 5.62. The second-order valence-electron chi connectivity index (χ2n) is 9.28. The first-order chi connectivity index (χ1) is 13.8. The van der Waals surface area contributed by atoms with Gasteiger partial charge in [-0.3, -0.25) is 14.4 Å². The molecule has 1 rings (SSSR count). The third kappa shape index (κ3) is 10.8. The number of allylic oxidation sites excluding steroid dienone is 1. The fourth-order valence-corrected chi connectivity index (χ4v) is 3.87. The number of unbranched alkanes of at least 4 members (excludes halogenated alkanes) is 2. The summed E-state index contributed by atoms with van der Waals surface area (Å²) in [7, 11) is 0. The van der Waals surface area contributed by atoms with Crippen molar-refractivity contribution in [3.8, 4) is 0 Å². The standard InChI is InChI=1S/C25H42O4/c1-5-21(26)13-7-6-8-17-24(28)29-22-14-10-18-25(4,19-11-15-22)23(27)16-9-12-20(2)3/h10,14,20,22H,5-9,11-13,15-19H2,1-4H3/b14-10+. The van der Waals surface area contributed by atoms with Crippen LogP contribution in [0.4, 0.5) is 0 Å². The Labute approximate surface area is 177 Å². The molecule has 0 aromatic heterocycles. The summed E-state index contributed by atoms with van der Waals surface area (Å²) in [5.74, 6) is 1.15. The van der Waals surface area contributed by atoms with E-state index in [0.29, 0.717) is 37.4 Å². The van der Waals surface area contributed by atoms with Crippen molar-refractivity contribution in [1.29, 1.82) is 0 Å². The van der Waals surface area contributed by atoms with Gasteiger partial charge < -0.3 is 4.74 Å². The lowest BCUT2D eigenvalue weighted by Crippen LogP contribution is -2.29. The Bertz CT molecular complexity index is 549.